The van der Waals surface area contributed by atoms with Gasteiger partial charge in [-0.25, -0.2) is 0 Å². The predicted octanol–water partition coefficient (Wildman–Crippen LogP) is 2.99. The van der Waals surface area contributed by atoms with Crippen molar-refractivity contribution in [1.29, 1.82) is 0 Å². The molecule has 0 unspecified atom stereocenters. The molecule has 21 heavy (non-hydrogen) atoms. The number of nitrogens with zero attached hydrogens (tertiary/aromatic N) is 1. The molecular formula is C17H27N3O. The van der Waals surface area contributed by atoms with Gasteiger partial charge < -0.3 is 16.0 Å². The molecule has 116 valence electrons. The second-order valence-electron chi connectivity index (χ2n) is 6.00. The van der Waals surface area contributed by atoms with Crippen LogP contribution in [0, 0.1) is 5.92 Å². The standard InChI is InChI=1S/C17H27N3O/c1-3-13(2)16(18)17(21)19-14-7-9-15(10-8-14)20-11-5-4-6-12-20/h7-10,13,16H,3-6,11-12,18H2,1-2H3,(H,19,21)/t13-,16-/m0/s1. The average molecular weight is 289 g/mol. The van der Waals surface area contributed by atoms with Crippen molar-refractivity contribution < 1.29 is 4.79 Å². The van der Waals surface area contributed by atoms with E-state index in [-0.39, 0.29) is 11.8 Å². The van der Waals surface area contributed by atoms with Crippen LogP contribution in [-0.4, -0.2) is 25.0 Å². The summed E-state index contributed by atoms with van der Waals surface area (Å²) in [7, 11) is 0. The second kappa shape index (κ2) is 7.46. The van der Waals surface area contributed by atoms with Gasteiger partial charge in [0.2, 0.25) is 5.91 Å². The van der Waals surface area contributed by atoms with Crippen LogP contribution in [0.5, 0.6) is 0 Å². The highest BCUT2D eigenvalue weighted by Gasteiger charge is 2.19. The predicted molar refractivity (Wildman–Crippen MR) is 88.6 cm³/mol. The minimum atomic E-state index is -0.447. The van der Waals surface area contributed by atoms with Gasteiger partial charge >= 0.3 is 0 Å². The maximum atomic E-state index is 12.1. The van der Waals surface area contributed by atoms with E-state index in [0.29, 0.717) is 0 Å². The maximum Gasteiger partial charge on any atom is 0.241 e. The summed E-state index contributed by atoms with van der Waals surface area (Å²) in [6, 6.07) is 7.64. The van der Waals surface area contributed by atoms with Crippen LogP contribution in [0.2, 0.25) is 0 Å². The number of carbonyl (C=O) groups excluding carboxylic acids is 1. The summed E-state index contributed by atoms with van der Waals surface area (Å²) in [6.07, 6.45) is 4.77. The molecule has 0 aliphatic carbocycles. The molecule has 0 aromatic heterocycles. The van der Waals surface area contributed by atoms with E-state index < -0.39 is 6.04 Å². The smallest absolute Gasteiger partial charge is 0.241 e. The fourth-order valence-corrected chi connectivity index (χ4v) is 2.65. The fourth-order valence-electron chi connectivity index (χ4n) is 2.65. The molecule has 1 aliphatic heterocycles. The Labute approximate surface area is 127 Å². The fraction of sp³-hybridized carbons (Fsp3) is 0.588. The van der Waals surface area contributed by atoms with Crippen LogP contribution in [0.3, 0.4) is 0 Å². The van der Waals surface area contributed by atoms with E-state index in [2.05, 4.69) is 22.3 Å². The Morgan fingerprint density at radius 2 is 1.86 bits per heavy atom. The van der Waals surface area contributed by atoms with E-state index in [0.717, 1.165) is 25.2 Å². The van der Waals surface area contributed by atoms with Crippen molar-refractivity contribution in [2.45, 2.75) is 45.6 Å². The average Bonchev–Trinajstić information content (AvgIpc) is 2.54. The molecule has 1 heterocycles. The lowest BCUT2D eigenvalue weighted by Crippen LogP contribution is -2.40. The van der Waals surface area contributed by atoms with Crippen molar-refractivity contribution >= 4 is 17.3 Å². The van der Waals surface area contributed by atoms with Gasteiger partial charge in [-0.1, -0.05) is 20.3 Å². The molecule has 4 nitrogen and oxygen atoms in total. The molecule has 1 aromatic rings. The lowest BCUT2D eigenvalue weighted by Gasteiger charge is -2.29. The maximum absolute atomic E-state index is 12.1. The van der Waals surface area contributed by atoms with E-state index in [1.54, 1.807) is 0 Å². The molecule has 0 radical (unpaired) electrons. The molecule has 3 N–H and O–H groups in total. The van der Waals surface area contributed by atoms with Gasteiger partial charge in [0.25, 0.3) is 0 Å². The summed E-state index contributed by atoms with van der Waals surface area (Å²) in [6.45, 7) is 6.31. The Kier molecular flexibility index (Phi) is 5.62. The van der Waals surface area contributed by atoms with Crippen LogP contribution in [0.1, 0.15) is 39.5 Å². The molecule has 4 heteroatoms. The number of hydrogen-bond acceptors (Lipinski definition) is 3. The first-order valence-electron chi connectivity index (χ1n) is 8.03. The Hall–Kier alpha value is -1.55. The highest BCUT2D eigenvalue weighted by Crippen LogP contribution is 2.22. The summed E-state index contributed by atoms with van der Waals surface area (Å²) in [5.41, 5.74) is 8.00. The van der Waals surface area contributed by atoms with E-state index >= 15 is 0 Å². The molecule has 0 bridgehead atoms. The zero-order chi connectivity index (χ0) is 15.2. The summed E-state index contributed by atoms with van der Waals surface area (Å²) < 4.78 is 0. The third kappa shape index (κ3) is 4.21. The lowest BCUT2D eigenvalue weighted by atomic mass is 9.99. The van der Waals surface area contributed by atoms with Crippen LogP contribution >= 0.6 is 0 Å². The third-order valence-electron chi connectivity index (χ3n) is 4.42. The van der Waals surface area contributed by atoms with E-state index in [1.807, 2.05) is 26.0 Å². The van der Waals surface area contributed by atoms with Crippen molar-refractivity contribution in [2.24, 2.45) is 11.7 Å². The number of hydrogen-bond donors (Lipinski definition) is 2. The van der Waals surface area contributed by atoms with Crippen LogP contribution in [-0.2, 0) is 4.79 Å². The minimum Gasteiger partial charge on any atom is -0.372 e. The molecule has 0 spiro atoms. The number of amides is 1. The second-order valence-corrected chi connectivity index (χ2v) is 6.00. The highest BCUT2D eigenvalue weighted by atomic mass is 16.2. The first kappa shape index (κ1) is 15.8. The molecular weight excluding hydrogens is 262 g/mol. The quantitative estimate of drug-likeness (QED) is 0.876. The van der Waals surface area contributed by atoms with Crippen LogP contribution in [0.25, 0.3) is 0 Å². The minimum absolute atomic E-state index is 0.102. The number of nitrogens with two attached hydrogens (primary N) is 1. The molecule has 1 fully saturated rings. The molecule has 1 amide bonds. The first-order valence-corrected chi connectivity index (χ1v) is 8.03. The van der Waals surface area contributed by atoms with E-state index in [4.69, 9.17) is 5.73 Å². The van der Waals surface area contributed by atoms with Gasteiger partial charge in [-0.05, 0) is 49.4 Å². The molecule has 1 saturated heterocycles. The normalized spacial score (nSPS) is 18.1. The molecule has 1 aliphatic rings. The van der Waals surface area contributed by atoms with Gasteiger partial charge in [-0.2, -0.15) is 0 Å². The van der Waals surface area contributed by atoms with Crippen molar-refractivity contribution in [3.8, 4) is 0 Å². The summed E-state index contributed by atoms with van der Waals surface area (Å²) >= 11 is 0. The molecule has 2 atom stereocenters. The number of benzene rings is 1. The summed E-state index contributed by atoms with van der Waals surface area (Å²) in [4.78, 5) is 14.5. The number of rotatable bonds is 5. The van der Waals surface area contributed by atoms with Crippen molar-refractivity contribution in [2.75, 3.05) is 23.3 Å². The molecule has 0 saturated carbocycles. The van der Waals surface area contributed by atoms with Crippen molar-refractivity contribution in [3.05, 3.63) is 24.3 Å². The van der Waals surface area contributed by atoms with Gasteiger partial charge in [0.1, 0.15) is 0 Å². The highest BCUT2D eigenvalue weighted by molar-refractivity contribution is 5.95. The Morgan fingerprint density at radius 1 is 1.24 bits per heavy atom. The van der Waals surface area contributed by atoms with Gasteiger partial charge in [-0.3, -0.25) is 4.79 Å². The molecule has 1 aromatic carbocycles. The van der Waals surface area contributed by atoms with Crippen LogP contribution in [0.4, 0.5) is 11.4 Å². The lowest BCUT2D eigenvalue weighted by molar-refractivity contribution is -0.118. The monoisotopic (exact) mass is 289 g/mol. The SMILES string of the molecule is CC[C@H](C)[C@H](N)C(=O)Nc1ccc(N2CCCCC2)cc1. The van der Waals surface area contributed by atoms with Gasteiger partial charge in [0.15, 0.2) is 0 Å². The van der Waals surface area contributed by atoms with Gasteiger partial charge in [0.05, 0.1) is 6.04 Å². The van der Waals surface area contributed by atoms with Crippen LogP contribution in [0.15, 0.2) is 24.3 Å². The van der Waals surface area contributed by atoms with Gasteiger partial charge in [-0.15, -0.1) is 0 Å². The van der Waals surface area contributed by atoms with Crippen LogP contribution < -0.4 is 16.0 Å². The Balaban J connectivity index is 1.94. The van der Waals surface area contributed by atoms with E-state index in [9.17, 15) is 4.79 Å². The van der Waals surface area contributed by atoms with Crippen molar-refractivity contribution in [1.82, 2.24) is 0 Å². The summed E-state index contributed by atoms with van der Waals surface area (Å²) in [5, 5.41) is 2.90. The van der Waals surface area contributed by atoms with Gasteiger partial charge in [0, 0.05) is 24.5 Å². The topological polar surface area (TPSA) is 58.4 Å². The zero-order valence-corrected chi connectivity index (χ0v) is 13.1. The van der Waals surface area contributed by atoms with E-state index in [1.165, 1.54) is 24.9 Å². The third-order valence-corrected chi connectivity index (χ3v) is 4.42. The Morgan fingerprint density at radius 3 is 2.43 bits per heavy atom. The summed E-state index contributed by atoms with van der Waals surface area (Å²) in [5.74, 6) is 0.0905. The number of carbonyl (C=O) groups is 1. The number of anilines is 2. The van der Waals surface area contributed by atoms with Crippen molar-refractivity contribution in [3.63, 3.8) is 0 Å². The number of nitrogens with one attached hydrogen (secondary N) is 1. The number of piperidine rings is 1. The molecule has 2 rings (SSSR count). The first-order chi connectivity index (χ1) is 10.1. The largest absolute Gasteiger partial charge is 0.372 e. The Bertz CT molecular complexity index is 452. The zero-order valence-electron chi connectivity index (χ0n) is 13.1.